The van der Waals surface area contributed by atoms with Crippen LogP contribution in [0.2, 0.25) is 0 Å². The molecule has 0 aliphatic heterocycles. The summed E-state index contributed by atoms with van der Waals surface area (Å²) in [6.07, 6.45) is 3.45. The molecule has 0 bridgehead atoms. The van der Waals surface area contributed by atoms with Crippen molar-refractivity contribution < 1.29 is 0 Å². The number of hydrogen-bond donors (Lipinski definition) is 3. The highest BCUT2D eigenvalue weighted by Gasteiger charge is 2.12. The second kappa shape index (κ2) is 5.41. The largest absolute Gasteiger partial charge is 0.367 e. The van der Waals surface area contributed by atoms with Crippen LogP contribution in [0.5, 0.6) is 0 Å². The molecule has 0 fully saturated rings. The summed E-state index contributed by atoms with van der Waals surface area (Å²) in [7, 11) is 1.79. The molecule has 3 aromatic heterocycles. The van der Waals surface area contributed by atoms with Gasteiger partial charge in [-0.2, -0.15) is 9.97 Å². The molecule has 3 N–H and O–H groups in total. The Labute approximate surface area is 119 Å². The van der Waals surface area contributed by atoms with E-state index in [1.807, 2.05) is 11.6 Å². The van der Waals surface area contributed by atoms with E-state index in [0.29, 0.717) is 17.5 Å². The second-order valence-electron chi connectivity index (χ2n) is 4.40. The molecular weight excluding hydrogens is 274 g/mol. The summed E-state index contributed by atoms with van der Waals surface area (Å²) >= 11 is 1.66. The van der Waals surface area contributed by atoms with Crippen LogP contribution in [0.25, 0.3) is 11.2 Å². The third-order valence-corrected chi connectivity index (χ3v) is 3.97. The quantitative estimate of drug-likeness (QED) is 0.666. The van der Waals surface area contributed by atoms with Crippen LogP contribution in [-0.4, -0.2) is 38.5 Å². The first-order valence-electron chi connectivity index (χ1n) is 6.30. The van der Waals surface area contributed by atoms with Gasteiger partial charge in [0.15, 0.2) is 11.5 Å². The van der Waals surface area contributed by atoms with Crippen LogP contribution >= 0.6 is 11.3 Å². The van der Waals surface area contributed by atoms with Gasteiger partial charge in [0.1, 0.15) is 5.52 Å². The summed E-state index contributed by atoms with van der Waals surface area (Å²) in [5.74, 6) is 1.62. The van der Waals surface area contributed by atoms with E-state index in [2.05, 4.69) is 42.5 Å². The van der Waals surface area contributed by atoms with Crippen LogP contribution in [0.1, 0.15) is 17.8 Å². The van der Waals surface area contributed by atoms with Gasteiger partial charge in [0.25, 0.3) is 0 Å². The zero-order chi connectivity index (χ0) is 13.9. The molecule has 0 saturated carbocycles. The maximum Gasteiger partial charge on any atom is 0.226 e. The number of aromatic amines is 1. The number of aromatic nitrogens is 5. The Morgan fingerprint density at radius 3 is 3.00 bits per heavy atom. The van der Waals surface area contributed by atoms with Gasteiger partial charge in [0, 0.05) is 31.1 Å². The second-order valence-corrected chi connectivity index (χ2v) is 5.33. The van der Waals surface area contributed by atoms with Gasteiger partial charge < -0.3 is 15.6 Å². The summed E-state index contributed by atoms with van der Waals surface area (Å²) < 4.78 is 0. The lowest BCUT2D eigenvalue weighted by atomic mass is 10.2. The molecule has 3 heterocycles. The molecule has 0 aliphatic rings. The van der Waals surface area contributed by atoms with Crippen molar-refractivity contribution in [3.05, 3.63) is 22.9 Å². The summed E-state index contributed by atoms with van der Waals surface area (Å²) in [4.78, 5) is 20.3. The fourth-order valence-corrected chi connectivity index (χ4v) is 2.59. The Kier molecular flexibility index (Phi) is 3.46. The molecule has 1 atom stereocenters. The standard InChI is InChI=1S/C12H15N7S/c1-7(11-14-3-4-20-11)5-15-9-8-10(17-6-16-8)19-12(13-2)18-9/h3-4,6-7H,5H2,1-2H3,(H3,13,15,16,17,18,19). The number of anilines is 2. The molecule has 8 heteroatoms. The summed E-state index contributed by atoms with van der Waals surface area (Å²) in [6.45, 7) is 2.89. The minimum Gasteiger partial charge on any atom is -0.367 e. The molecule has 3 aromatic rings. The van der Waals surface area contributed by atoms with Gasteiger partial charge in [-0.05, 0) is 0 Å². The van der Waals surface area contributed by atoms with E-state index in [1.165, 1.54) is 0 Å². The van der Waals surface area contributed by atoms with Gasteiger partial charge in [0.2, 0.25) is 5.95 Å². The van der Waals surface area contributed by atoms with Crippen molar-refractivity contribution in [1.82, 2.24) is 24.9 Å². The van der Waals surface area contributed by atoms with Crippen molar-refractivity contribution >= 4 is 34.3 Å². The maximum absolute atomic E-state index is 4.42. The highest BCUT2D eigenvalue weighted by Crippen LogP contribution is 2.21. The lowest BCUT2D eigenvalue weighted by Gasteiger charge is -2.11. The van der Waals surface area contributed by atoms with Crippen LogP contribution in [0.3, 0.4) is 0 Å². The van der Waals surface area contributed by atoms with E-state index in [-0.39, 0.29) is 0 Å². The lowest BCUT2D eigenvalue weighted by Crippen LogP contribution is -2.12. The predicted octanol–water partition coefficient (Wildman–Crippen LogP) is 2.07. The van der Waals surface area contributed by atoms with Gasteiger partial charge in [-0.25, -0.2) is 9.97 Å². The van der Waals surface area contributed by atoms with Crippen molar-refractivity contribution in [2.24, 2.45) is 0 Å². The van der Waals surface area contributed by atoms with Crippen LogP contribution < -0.4 is 10.6 Å². The topological polar surface area (TPSA) is 91.4 Å². The van der Waals surface area contributed by atoms with Crippen LogP contribution in [0.15, 0.2) is 17.9 Å². The number of imidazole rings is 1. The first kappa shape index (κ1) is 12.8. The number of nitrogens with zero attached hydrogens (tertiary/aromatic N) is 4. The zero-order valence-corrected chi connectivity index (χ0v) is 12.0. The molecule has 0 spiro atoms. The number of nitrogens with one attached hydrogen (secondary N) is 3. The first-order valence-corrected chi connectivity index (χ1v) is 7.18. The fourth-order valence-electron chi connectivity index (χ4n) is 1.89. The van der Waals surface area contributed by atoms with Gasteiger partial charge >= 0.3 is 0 Å². The van der Waals surface area contributed by atoms with Gasteiger partial charge in [-0.3, -0.25) is 0 Å². The Morgan fingerprint density at radius 1 is 1.35 bits per heavy atom. The molecule has 104 valence electrons. The number of H-pyrrole nitrogens is 1. The highest BCUT2D eigenvalue weighted by molar-refractivity contribution is 7.09. The Bertz CT molecular complexity index is 691. The Hall–Kier alpha value is -2.22. The molecule has 7 nitrogen and oxygen atoms in total. The third-order valence-electron chi connectivity index (χ3n) is 2.96. The molecular formula is C12H15N7S. The van der Waals surface area contributed by atoms with E-state index < -0.39 is 0 Å². The summed E-state index contributed by atoms with van der Waals surface area (Å²) in [5.41, 5.74) is 1.46. The molecule has 3 rings (SSSR count). The monoisotopic (exact) mass is 289 g/mol. The van der Waals surface area contributed by atoms with Crippen LogP contribution in [0.4, 0.5) is 11.8 Å². The molecule has 0 saturated heterocycles. The number of thiazole rings is 1. The van der Waals surface area contributed by atoms with E-state index >= 15 is 0 Å². The Balaban J connectivity index is 1.81. The molecule has 20 heavy (non-hydrogen) atoms. The lowest BCUT2D eigenvalue weighted by molar-refractivity contribution is 0.792. The van der Waals surface area contributed by atoms with Crippen molar-refractivity contribution in [1.29, 1.82) is 0 Å². The molecule has 0 aromatic carbocycles. The highest BCUT2D eigenvalue weighted by atomic mass is 32.1. The molecule has 0 radical (unpaired) electrons. The number of fused-ring (bicyclic) bond motifs is 1. The average molecular weight is 289 g/mol. The minimum atomic E-state index is 0.320. The van der Waals surface area contributed by atoms with Crippen molar-refractivity contribution in [2.45, 2.75) is 12.8 Å². The van der Waals surface area contributed by atoms with Gasteiger partial charge in [-0.1, -0.05) is 6.92 Å². The minimum absolute atomic E-state index is 0.320. The zero-order valence-electron chi connectivity index (χ0n) is 11.2. The third kappa shape index (κ3) is 2.42. The maximum atomic E-state index is 4.42. The normalized spacial score (nSPS) is 12.5. The van der Waals surface area contributed by atoms with E-state index in [1.54, 1.807) is 24.7 Å². The summed E-state index contributed by atoms with van der Waals surface area (Å²) in [6, 6.07) is 0. The van der Waals surface area contributed by atoms with Crippen molar-refractivity contribution in [3.63, 3.8) is 0 Å². The van der Waals surface area contributed by atoms with E-state index in [0.717, 1.165) is 22.9 Å². The Morgan fingerprint density at radius 2 is 2.25 bits per heavy atom. The smallest absolute Gasteiger partial charge is 0.226 e. The van der Waals surface area contributed by atoms with Crippen LogP contribution in [0, 0.1) is 0 Å². The van der Waals surface area contributed by atoms with Gasteiger partial charge in [-0.15, -0.1) is 11.3 Å². The molecule has 1 unspecified atom stereocenters. The van der Waals surface area contributed by atoms with Crippen molar-refractivity contribution in [2.75, 3.05) is 24.2 Å². The number of rotatable bonds is 5. The fraction of sp³-hybridized carbons (Fsp3) is 0.333. The first-order chi connectivity index (χ1) is 9.78. The molecule has 0 aliphatic carbocycles. The van der Waals surface area contributed by atoms with Crippen LogP contribution in [-0.2, 0) is 0 Å². The van der Waals surface area contributed by atoms with Crippen molar-refractivity contribution in [3.8, 4) is 0 Å². The van der Waals surface area contributed by atoms with E-state index in [9.17, 15) is 0 Å². The van der Waals surface area contributed by atoms with Gasteiger partial charge in [0.05, 0.1) is 11.3 Å². The molecule has 0 amide bonds. The predicted molar refractivity (Wildman–Crippen MR) is 80.2 cm³/mol. The van der Waals surface area contributed by atoms with E-state index in [4.69, 9.17) is 0 Å². The number of hydrogen-bond acceptors (Lipinski definition) is 7. The SMILES string of the molecule is CNc1nc(NCC(C)c2nccs2)c2[nH]cnc2n1. The average Bonchev–Trinajstić information content (AvgIpc) is 3.14. The summed E-state index contributed by atoms with van der Waals surface area (Å²) in [5, 5.41) is 9.38.